The lowest BCUT2D eigenvalue weighted by atomic mass is 10.1. The maximum atomic E-state index is 12.7. The van der Waals surface area contributed by atoms with Crippen molar-refractivity contribution >= 4 is 11.8 Å². The van der Waals surface area contributed by atoms with Crippen LogP contribution < -0.4 is 14.8 Å². The fourth-order valence-corrected chi connectivity index (χ4v) is 3.79. The number of carbonyl (C=O) groups is 2. The normalized spacial score (nSPS) is 13.9. The number of hydrogen-bond acceptors (Lipinski definition) is 4. The number of nitrogens with one attached hydrogen (secondary N) is 1. The number of methoxy groups -OCH3 is 1. The number of likely N-dealkylation sites (tertiary alicyclic amines) is 1. The molecule has 1 N–H and O–H groups in total. The first-order valence-electron chi connectivity index (χ1n) is 11.3. The van der Waals surface area contributed by atoms with Crippen LogP contribution in [0.2, 0.25) is 0 Å². The maximum absolute atomic E-state index is 12.7. The number of hydrogen-bond donors (Lipinski definition) is 1. The second-order valence-electron chi connectivity index (χ2n) is 8.22. The third-order valence-corrected chi connectivity index (χ3v) is 5.57. The highest BCUT2D eigenvalue weighted by Crippen LogP contribution is 2.30. The van der Waals surface area contributed by atoms with Crippen molar-refractivity contribution in [2.45, 2.75) is 44.8 Å². The number of ether oxygens (including phenoxy) is 2. The lowest BCUT2D eigenvalue weighted by Gasteiger charge is -2.26. The molecule has 1 aliphatic rings. The monoisotopic (exact) mass is 478 g/mol. The van der Waals surface area contributed by atoms with Crippen molar-refractivity contribution < 1.29 is 32.2 Å². The summed E-state index contributed by atoms with van der Waals surface area (Å²) in [4.78, 5) is 26.9. The molecule has 0 radical (unpaired) electrons. The highest BCUT2D eigenvalue weighted by Gasteiger charge is 2.29. The Hall–Kier alpha value is -3.23. The van der Waals surface area contributed by atoms with E-state index in [1.807, 2.05) is 23.1 Å². The summed E-state index contributed by atoms with van der Waals surface area (Å²) >= 11 is 0. The first-order valence-corrected chi connectivity index (χ1v) is 11.3. The van der Waals surface area contributed by atoms with Crippen LogP contribution in [0.4, 0.5) is 13.2 Å². The van der Waals surface area contributed by atoms with E-state index in [2.05, 4.69) is 5.32 Å². The molecule has 1 saturated heterocycles. The Morgan fingerprint density at radius 3 is 2.47 bits per heavy atom. The Labute approximate surface area is 197 Å². The zero-order chi connectivity index (χ0) is 24.6. The zero-order valence-electron chi connectivity index (χ0n) is 19.1. The van der Waals surface area contributed by atoms with E-state index in [1.165, 1.54) is 13.2 Å². The number of alkyl halides is 3. The Morgan fingerprint density at radius 2 is 1.76 bits per heavy atom. The van der Waals surface area contributed by atoms with E-state index in [0.717, 1.165) is 43.5 Å². The minimum Gasteiger partial charge on any atom is -0.493 e. The third-order valence-electron chi connectivity index (χ3n) is 5.57. The van der Waals surface area contributed by atoms with Gasteiger partial charge >= 0.3 is 6.18 Å². The van der Waals surface area contributed by atoms with E-state index >= 15 is 0 Å². The van der Waals surface area contributed by atoms with Gasteiger partial charge in [0.1, 0.15) is 0 Å². The summed E-state index contributed by atoms with van der Waals surface area (Å²) < 4.78 is 47.0. The number of aryl methyl sites for hydroxylation is 1. The largest absolute Gasteiger partial charge is 0.493 e. The fourth-order valence-electron chi connectivity index (χ4n) is 3.79. The van der Waals surface area contributed by atoms with Crippen molar-refractivity contribution in [2.75, 3.05) is 26.8 Å². The van der Waals surface area contributed by atoms with Gasteiger partial charge in [-0.25, -0.2) is 0 Å². The van der Waals surface area contributed by atoms with Crippen molar-refractivity contribution in [3.8, 4) is 11.5 Å². The van der Waals surface area contributed by atoms with Crippen LogP contribution in [0.15, 0.2) is 42.5 Å². The first-order chi connectivity index (χ1) is 16.2. The topological polar surface area (TPSA) is 67.9 Å². The number of benzene rings is 2. The molecule has 2 amide bonds. The van der Waals surface area contributed by atoms with Crippen molar-refractivity contribution in [2.24, 2.45) is 0 Å². The minimum atomic E-state index is -4.44. The summed E-state index contributed by atoms with van der Waals surface area (Å²) in [6, 6.07) is 11.8. The number of amides is 2. The summed E-state index contributed by atoms with van der Waals surface area (Å²) in [7, 11) is 1.34. The molecule has 0 saturated carbocycles. The third kappa shape index (κ3) is 7.67. The summed E-state index contributed by atoms with van der Waals surface area (Å²) in [5.74, 6) is 0.0120. The van der Waals surface area contributed by atoms with Gasteiger partial charge in [-0.15, -0.1) is 0 Å². The van der Waals surface area contributed by atoms with Gasteiger partial charge in [-0.05, 0) is 61.1 Å². The molecule has 1 fully saturated rings. The van der Waals surface area contributed by atoms with Crippen LogP contribution in [-0.2, 0) is 17.8 Å². The van der Waals surface area contributed by atoms with Crippen LogP contribution in [0.25, 0.3) is 0 Å². The molecule has 0 spiro atoms. The molecular weight excluding hydrogens is 449 g/mol. The molecule has 1 aliphatic heterocycles. The molecule has 2 aromatic rings. The van der Waals surface area contributed by atoms with E-state index in [4.69, 9.17) is 9.47 Å². The lowest BCUT2D eigenvalue weighted by Crippen LogP contribution is -2.35. The number of rotatable bonds is 9. The van der Waals surface area contributed by atoms with E-state index < -0.39 is 12.8 Å². The second-order valence-corrected chi connectivity index (χ2v) is 8.22. The van der Waals surface area contributed by atoms with Gasteiger partial charge in [-0.1, -0.05) is 18.2 Å². The van der Waals surface area contributed by atoms with Gasteiger partial charge in [0.15, 0.2) is 18.1 Å². The van der Waals surface area contributed by atoms with Crippen LogP contribution in [0.3, 0.4) is 0 Å². The first kappa shape index (κ1) is 25.4. The fraction of sp³-hybridized carbons (Fsp3) is 0.440. The molecule has 184 valence electrons. The van der Waals surface area contributed by atoms with Gasteiger partial charge in [-0.2, -0.15) is 13.2 Å². The van der Waals surface area contributed by atoms with Crippen molar-refractivity contribution in [1.82, 2.24) is 10.2 Å². The smallest absolute Gasteiger partial charge is 0.422 e. The van der Waals surface area contributed by atoms with E-state index in [1.54, 1.807) is 18.2 Å². The number of carbonyl (C=O) groups excluding carboxylic acids is 2. The number of nitrogens with zero attached hydrogens (tertiary/aromatic N) is 1. The van der Waals surface area contributed by atoms with E-state index in [9.17, 15) is 22.8 Å². The predicted octanol–water partition coefficient (Wildman–Crippen LogP) is 4.51. The molecule has 0 bridgehead atoms. The highest BCUT2D eigenvalue weighted by molar-refractivity contribution is 5.94. The SMILES string of the molecule is COc1cc(CCC(=O)NCc2cccc(C(=O)N3CCCCC3)c2)ccc1OCC(F)(F)F. The zero-order valence-corrected chi connectivity index (χ0v) is 19.1. The van der Waals surface area contributed by atoms with Gasteiger partial charge in [-0.3, -0.25) is 9.59 Å². The molecule has 34 heavy (non-hydrogen) atoms. The molecule has 0 aliphatic carbocycles. The molecule has 0 atom stereocenters. The van der Waals surface area contributed by atoms with E-state index in [-0.39, 0.29) is 29.7 Å². The van der Waals surface area contributed by atoms with Gasteiger partial charge < -0.3 is 19.7 Å². The molecule has 3 rings (SSSR count). The van der Waals surface area contributed by atoms with Crippen LogP contribution >= 0.6 is 0 Å². The maximum Gasteiger partial charge on any atom is 0.422 e. The van der Waals surface area contributed by atoms with Crippen LogP contribution in [-0.4, -0.2) is 49.7 Å². The van der Waals surface area contributed by atoms with Gasteiger partial charge in [0.2, 0.25) is 5.91 Å². The lowest BCUT2D eigenvalue weighted by molar-refractivity contribution is -0.153. The van der Waals surface area contributed by atoms with Gasteiger partial charge in [0.25, 0.3) is 5.91 Å². The van der Waals surface area contributed by atoms with Crippen molar-refractivity contribution in [3.05, 3.63) is 59.2 Å². The Kier molecular flexibility index (Phi) is 8.79. The summed E-state index contributed by atoms with van der Waals surface area (Å²) in [6.45, 7) is 0.448. The highest BCUT2D eigenvalue weighted by atomic mass is 19.4. The van der Waals surface area contributed by atoms with E-state index in [0.29, 0.717) is 18.5 Å². The van der Waals surface area contributed by atoms with Crippen molar-refractivity contribution in [3.63, 3.8) is 0 Å². The Bertz CT molecular complexity index is 988. The summed E-state index contributed by atoms with van der Waals surface area (Å²) in [6.07, 6.45) is -0.665. The number of halogens is 3. The summed E-state index contributed by atoms with van der Waals surface area (Å²) in [5.41, 5.74) is 2.19. The molecule has 0 unspecified atom stereocenters. The number of piperidine rings is 1. The molecule has 1 heterocycles. The standard InChI is InChI=1S/C25H29F3N2O4/c1-33-22-15-18(8-10-21(22)34-17-25(26,27)28)9-11-23(31)29-16-19-6-5-7-20(14-19)24(32)30-12-3-2-4-13-30/h5-8,10,14-15H,2-4,9,11-13,16-17H2,1H3,(H,29,31). The van der Waals surface area contributed by atoms with Crippen LogP contribution in [0.1, 0.15) is 47.2 Å². The molecule has 2 aromatic carbocycles. The quantitative estimate of drug-likeness (QED) is 0.576. The predicted molar refractivity (Wildman–Crippen MR) is 121 cm³/mol. The Morgan fingerprint density at radius 1 is 1.00 bits per heavy atom. The molecular formula is C25H29F3N2O4. The van der Waals surface area contributed by atoms with Crippen LogP contribution in [0, 0.1) is 0 Å². The summed E-state index contributed by atoms with van der Waals surface area (Å²) in [5, 5.41) is 2.85. The average Bonchev–Trinajstić information content (AvgIpc) is 2.84. The van der Waals surface area contributed by atoms with Crippen LogP contribution in [0.5, 0.6) is 11.5 Å². The molecule has 9 heteroatoms. The van der Waals surface area contributed by atoms with Gasteiger partial charge in [0, 0.05) is 31.6 Å². The molecule has 6 nitrogen and oxygen atoms in total. The second kappa shape index (κ2) is 11.8. The van der Waals surface area contributed by atoms with Gasteiger partial charge in [0.05, 0.1) is 7.11 Å². The Balaban J connectivity index is 1.49. The molecule has 0 aromatic heterocycles. The minimum absolute atomic E-state index is 0.00740. The van der Waals surface area contributed by atoms with Crippen molar-refractivity contribution in [1.29, 1.82) is 0 Å². The average molecular weight is 479 g/mol.